The van der Waals surface area contributed by atoms with E-state index in [1.165, 1.54) is 32.8 Å². The Kier molecular flexibility index (Phi) is 2.52. The van der Waals surface area contributed by atoms with E-state index in [0.717, 1.165) is 12.5 Å². The first-order valence-corrected chi connectivity index (χ1v) is 5.49. The van der Waals surface area contributed by atoms with Crippen molar-refractivity contribution in [2.24, 2.45) is 11.3 Å². The number of hydrogen-bond acceptors (Lipinski definition) is 3. The molecule has 0 aromatic rings. The van der Waals surface area contributed by atoms with Crippen molar-refractivity contribution >= 4 is 5.97 Å². The number of carbonyl (C=O) groups excluding carboxylic acids is 1. The summed E-state index contributed by atoms with van der Waals surface area (Å²) in [6.45, 7) is 3.30. The van der Waals surface area contributed by atoms with Gasteiger partial charge >= 0.3 is 5.97 Å². The van der Waals surface area contributed by atoms with Crippen molar-refractivity contribution in [3.05, 3.63) is 0 Å². The van der Waals surface area contributed by atoms with Gasteiger partial charge < -0.3 is 10.1 Å². The van der Waals surface area contributed by atoms with E-state index in [4.69, 9.17) is 4.74 Å². The summed E-state index contributed by atoms with van der Waals surface area (Å²) in [5.41, 5.74) is 0.236. The molecule has 1 atom stereocenters. The van der Waals surface area contributed by atoms with Gasteiger partial charge in [-0.2, -0.15) is 0 Å². The van der Waals surface area contributed by atoms with Crippen LogP contribution in [-0.2, 0) is 9.53 Å². The maximum Gasteiger partial charge on any atom is 0.323 e. The summed E-state index contributed by atoms with van der Waals surface area (Å²) < 4.78 is 4.81. The third-order valence-corrected chi connectivity index (χ3v) is 3.98. The van der Waals surface area contributed by atoms with Crippen LogP contribution < -0.4 is 5.32 Å². The lowest BCUT2D eigenvalue weighted by Gasteiger charge is -2.52. The van der Waals surface area contributed by atoms with Crippen molar-refractivity contribution in [2.45, 2.75) is 38.6 Å². The maximum absolute atomic E-state index is 11.5. The van der Waals surface area contributed by atoms with E-state index in [-0.39, 0.29) is 17.4 Å². The fourth-order valence-corrected chi connectivity index (χ4v) is 2.75. The van der Waals surface area contributed by atoms with E-state index >= 15 is 0 Å². The van der Waals surface area contributed by atoms with E-state index in [0.29, 0.717) is 0 Å². The molecule has 3 heteroatoms. The highest BCUT2D eigenvalue weighted by atomic mass is 16.5. The van der Waals surface area contributed by atoms with Crippen LogP contribution in [0.4, 0.5) is 0 Å². The molecule has 2 aliphatic rings. The molecule has 1 aliphatic carbocycles. The molecule has 80 valence electrons. The molecule has 1 heterocycles. The number of carbonyl (C=O) groups is 1. The Morgan fingerprint density at radius 2 is 2.07 bits per heavy atom. The Morgan fingerprint density at radius 1 is 1.43 bits per heavy atom. The molecule has 1 N–H and O–H groups in total. The predicted octanol–water partition coefficient (Wildman–Crippen LogP) is 1.33. The number of rotatable bonds is 1. The third-order valence-electron chi connectivity index (χ3n) is 3.98. The molecule has 0 bridgehead atoms. The van der Waals surface area contributed by atoms with Gasteiger partial charge in [0.2, 0.25) is 0 Å². The lowest BCUT2D eigenvalue weighted by molar-refractivity contribution is -0.153. The number of nitrogens with one attached hydrogen (secondary N) is 1. The zero-order valence-electron chi connectivity index (χ0n) is 9.01. The number of hydrogen-bond donors (Lipinski definition) is 1. The number of esters is 1. The zero-order chi connectivity index (χ0) is 10.2. The highest BCUT2D eigenvalue weighted by Gasteiger charge is 2.51. The van der Waals surface area contributed by atoms with Gasteiger partial charge in [-0.25, -0.2) is 0 Å². The van der Waals surface area contributed by atoms with Crippen LogP contribution >= 0.6 is 0 Å². The molecule has 0 aromatic heterocycles. The molecule has 0 aromatic carbocycles. The van der Waals surface area contributed by atoms with E-state index in [2.05, 4.69) is 12.2 Å². The van der Waals surface area contributed by atoms with Gasteiger partial charge in [0, 0.05) is 12.0 Å². The van der Waals surface area contributed by atoms with E-state index in [1.54, 1.807) is 0 Å². The largest absolute Gasteiger partial charge is 0.468 e. The predicted molar refractivity (Wildman–Crippen MR) is 53.9 cm³/mol. The van der Waals surface area contributed by atoms with Crippen LogP contribution in [0.25, 0.3) is 0 Å². The first kappa shape index (κ1) is 9.97. The lowest BCUT2D eigenvalue weighted by Crippen LogP contribution is -2.67. The number of ether oxygens (including phenoxy) is 1. The summed E-state index contributed by atoms with van der Waals surface area (Å²) in [6, 6.07) is -0.0278. The van der Waals surface area contributed by atoms with Gasteiger partial charge in [-0.3, -0.25) is 4.79 Å². The average Bonchev–Trinajstić information content (AvgIpc) is 2.17. The van der Waals surface area contributed by atoms with Gasteiger partial charge in [0.05, 0.1) is 7.11 Å². The SMILES string of the molecule is COC(=O)[C@H]1NCC12CCC(C)CC2. The zero-order valence-corrected chi connectivity index (χ0v) is 9.01. The fourth-order valence-electron chi connectivity index (χ4n) is 2.75. The second-order valence-electron chi connectivity index (χ2n) is 4.88. The minimum atomic E-state index is -0.0780. The molecule has 1 saturated heterocycles. The molecular weight excluding hydrogens is 178 g/mol. The highest BCUT2D eigenvalue weighted by molar-refractivity contribution is 5.78. The van der Waals surface area contributed by atoms with Gasteiger partial charge in [0.15, 0.2) is 0 Å². The summed E-state index contributed by atoms with van der Waals surface area (Å²) >= 11 is 0. The molecule has 14 heavy (non-hydrogen) atoms. The Labute approximate surface area is 85.2 Å². The molecular formula is C11H19NO2. The molecule has 1 aliphatic heterocycles. The first-order chi connectivity index (χ1) is 6.68. The average molecular weight is 197 g/mol. The van der Waals surface area contributed by atoms with Crippen molar-refractivity contribution in [3.8, 4) is 0 Å². The third kappa shape index (κ3) is 1.44. The number of methoxy groups -OCH3 is 1. The van der Waals surface area contributed by atoms with Crippen LogP contribution in [0.3, 0.4) is 0 Å². The molecule has 2 rings (SSSR count). The van der Waals surface area contributed by atoms with Crippen molar-refractivity contribution < 1.29 is 9.53 Å². The maximum atomic E-state index is 11.5. The van der Waals surface area contributed by atoms with Gasteiger partial charge in [0.1, 0.15) is 6.04 Å². The van der Waals surface area contributed by atoms with E-state index in [9.17, 15) is 4.79 Å². The molecule has 0 unspecified atom stereocenters. The van der Waals surface area contributed by atoms with E-state index in [1.807, 2.05) is 0 Å². The minimum absolute atomic E-state index is 0.0278. The van der Waals surface area contributed by atoms with Crippen LogP contribution in [0.2, 0.25) is 0 Å². The Balaban J connectivity index is 2.00. The van der Waals surface area contributed by atoms with Gasteiger partial charge in [0.25, 0.3) is 0 Å². The summed E-state index contributed by atoms with van der Waals surface area (Å²) in [6.07, 6.45) is 4.88. The van der Waals surface area contributed by atoms with Gasteiger partial charge in [-0.15, -0.1) is 0 Å². The van der Waals surface area contributed by atoms with Crippen LogP contribution in [0.5, 0.6) is 0 Å². The van der Waals surface area contributed by atoms with E-state index < -0.39 is 0 Å². The monoisotopic (exact) mass is 197 g/mol. The molecule has 0 amide bonds. The second kappa shape index (κ2) is 3.54. The second-order valence-corrected chi connectivity index (χ2v) is 4.88. The standard InChI is InChI=1S/C11H19NO2/c1-8-3-5-11(6-4-8)7-12-9(11)10(13)14-2/h8-9,12H,3-7H2,1-2H3/t8?,9-,11?/m1/s1. The summed E-state index contributed by atoms with van der Waals surface area (Å²) in [4.78, 5) is 11.5. The Bertz CT molecular complexity index is 231. The van der Waals surface area contributed by atoms with Crippen molar-refractivity contribution in [1.29, 1.82) is 0 Å². The summed E-state index contributed by atoms with van der Waals surface area (Å²) in [5, 5.41) is 3.20. The normalized spacial score (nSPS) is 41.9. The smallest absolute Gasteiger partial charge is 0.323 e. The first-order valence-electron chi connectivity index (χ1n) is 5.49. The molecule has 1 spiro atoms. The molecule has 0 radical (unpaired) electrons. The topological polar surface area (TPSA) is 38.3 Å². The molecule has 2 fully saturated rings. The Morgan fingerprint density at radius 3 is 2.50 bits per heavy atom. The van der Waals surface area contributed by atoms with Crippen LogP contribution in [0, 0.1) is 11.3 Å². The van der Waals surface area contributed by atoms with Crippen molar-refractivity contribution in [1.82, 2.24) is 5.32 Å². The molecule has 3 nitrogen and oxygen atoms in total. The van der Waals surface area contributed by atoms with Gasteiger partial charge in [-0.1, -0.05) is 19.8 Å². The minimum Gasteiger partial charge on any atom is -0.468 e. The molecule has 1 saturated carbocycles. The quantitative estimate of drug-likeness (QED) is 0.644. The lowest BCUT2D eigenvalue weighted by atomic mass is 9.62. The summed E-state index contributed by atoms with van der Waals surface area (Å²) in [7, 11) is 1.47. The van der Waals surface area contributed by atoms with Crippen LogP contribution in [0.1, 0.15) is 32.6 Å². The Hall–Kier alpha value is -0.570. The van der Waals surface area contributed by atoms with Gasteiger partial charge in [-0.05, 0) is 18.8 Å². The van der Waals surface area contributed by atoms with Crippen molar-refractivity contribution in [3.63, 3.8) is 0 Å². The van der Waals surface area contributed by atoms with Crippen LogP contribution in [-0.4, -0.2) is 25.7 Å². The highest BCUT2D eigenvalue weighted by Crippen LogP contribution is 2.45. The van der Waals surface area contributed by atoms with Crippen molar-refractivity contribution in [2.75, 3.05) is 13.7 Å². The van der Waals surface area contributed by atoms with Crippen LogP contribution in [0.15, 0.2) is 0 Å². The summed E-state index contributed by atoms with van der Waals surface area (Å²) in [5.74, 6) is 0.755. The fraction of sp³-hybridized carbons (Fsp3) is 0.909.